The molecule has 3 rings (SSSR count). The molecule has 1 aromatic carbocycles. The molecule has 0 spiro atoms. The van der Waals surface area contributed by atoms with Crippen molar-refractivity contribution in [3.05, 3.63) is 47.7 Å². The molecule has 1 fully saturated rings. The highest BCUT2D eigenvalue weighted by atomic mass is 32.3. The fourth-order valence-electron chi connectivity index (χ4n) is 4.59. The quantitative estimate of drug-likeness (QED) is 0.484. The molecule has 27 heavy (non-hydrogen) atoms. The van der Waals surface area contributed by atoms with Crippen LogP contribution in [-0.4, -0.2) is 23.8 Å². The van der Waals surface area contributed by atoms with Gasteiger partial charge in [-0.2, -0.15) is 0 Å². The van der Waals surface area contributed by atoms with E-state index in [9.17, 15) is 0 Å². The number of benzene rings is 1. The van der Waals surface area contributed by atoms with Crippen molar-refractivity contribution in [2.24, 2.45) is 5.92 Å². The second-order valence-electron chi connectivity index (χ2n) is 9.01. The van der Waals surface area contributed by atoms with Crippen molar-refractivity contribution in [1.29, 1.82) is 0 Å². The second kappa shape index (κ2) is 8.82. The Kier molecular flexibility index (Phi) is 6.68. The number of hydrogen-bond donors (Lipinski definition) is 0. The van der Waals surface area contributed by atoms with Gasteiger partial charge in [0.15, 0.2) is 0 Å². The molecule has 1 aromatic heterocycles. The fourth-order valence-corrected chi connectivity index (χ4v) is 5.89. The van der Waals surface area contributed by atoms with Gasteiger partial charge in [-0.3, -0.25) is 4.98 Å². The van der Waals surface area contributed by atoms with Crippen LogP contribution in [0.4, 0.5) is 0 Å². The lowest BCUT2D eigenvalue weighted by Gasteiger charge is -2.29. The van der Waals surface area contributed by atoms with E-state index in [1.54, 1.807) is 5.56 Å². The zero-order chi connectivity index (χ0) is 19.4. The van der Waals surface area contributed by atoms with Crippen molar-refractivity contribution < 1.29 is 0 Å². The van der Waals surface area contributed by atoms with E-state index in [2.05, 4.69) is 69.1 Å². The third-order valence-corrected chi connectivity index (χ3v) is 7.92. The minimum atomic E-state index is -0.766. The molecule has 1 nitrogen and oxygen atoms in total. The summed E-state index contributed by atoms with van der Waals surface area (Å²) in [6.07, 6.45) is 18.7. The second-order valence-corrected chi connectivity index (χ2v) is 13.1. The topological polar surface area (TPSA) is 12.9 Å². The van der Waals surface area contributed by atoms with Gasteiger partial charge in [0.2, 0.25) is 0 Å². The van der Waals surface area contributed by atoms with Crippen LogP contribution >= 0.6 is 10.0 Å². The van der Waals surface area contributed by atoms with E-state index in [1.807, 2.05) is 0 Å². The first-order valence-corrected chi connectivity index (χ1v) is 13.6. The molecule has 0 saturated heterocycles. The monoisotopic (exact) mass is 383 g/mol. The number of rotatable bonds is 7. The normalized spacial score (nSPS) is 16.2. The molecule has 1 aliphatic carbocycles. The van der Waals surface area contributed by atoms with E-state index in [-0.39, 0.29) is 0 Å². The molecular formula is C25H37NS. The molecule has 1 saturated carbocycles. The summed E-state index contributed by atoms with van der Waals surface area (Å²) in [5.41, 5.74) is 5.45. The van der Waals surface area contributed by atoms with Crippen LogP contribution in [0.3, 0.4) is 0 Å². The Balaban J connectivity index is 1.97. The average molecular weight is 384 g/mol. The largest absolute Gasteiger partial charge is 0.255 e. The van der Waals surface area contributed by atoms with E-state index in [0.717, 1.165) is 11.6 Å². The average Bonchev–Trinajstić information content (AvgIpc) is 3.15. The van der Waals surface area contributed by atoms with Crippen LogP contribution < -0.4 is 0 Å². The first-order valence-electron chi connectivity index (χ1n) is 10.7. The molecule has 0 atom stereocenters. The van der Waals surface area contributed by atoms with E-state index in [4.69, 9.17) is 4.98 Å². The van der Waals surface area contributed by atoms with Gasteiger partial charge in [0, 0.05) is 16.7 Å². The first-order chi connectivity index (χ1) is 12.9. The zero-order valence-electron chi connectivity index (χ0n) is 17.9. The summed E-state index contributed by atoms with van der Waals surface area (Å²) in [4.78, 5) is 6.43. The van der Waals surface area contributed by atoms with E-state index in [0.29, 0.717) is 5.92 Å². The van der Waals surface area contributed by atoms with Crippen LogP contribution in [0.2, 0.25) is 0 Å². The van der Waals surface area contributed by atoms with Crippen molar-refractivity contribution in [2.45, 2.75) is 69.6 Å². The molecule has 0 aliphatic heterocycles. The van der Waals surface area contributed by atoms with Gasteiger partial charge in [0.1, 0.15) is 0 Å². The van der Waals surface area contributed by atoms with Gasteiger partial charge in [0.25, 0.3) is 0 Å². The van der Waals surface area contributed by atoms with Crippen LogP contribution in [0.15, 0.2) is 41.4 Å². The van der Waals surface area contributed by atoms with Crippen LogP contribution in [0, 0.1) is 5.92 Å². The Labute approximate surface area is 168 Å². The highest BCUT2D eigenvalue weighted by Gasteiger charge is 2.21. The number of aromatic nitrogens is 1. The van der Waals surface area contributed by atoms with E-state index < -0.39 is 10.0 Å². The predicted molar refractivity (Wildman–Crippen MR) is 122 cm³/mol. The van der Waals surface area contributed by atoms with Gasteiger partial charge < -0.3 is 0 Å². The smallest absolute Gasteiger partial charge is 0.0705 e. The minimum absolute atomic E-state index is 0.654. The number of pyridine rings is 1. The van der Waals surface area contributed by atoms with Gasteiger partial charge in [-0.1, -0.05) is 57.7 Å². The first kappa shape index (κ1) is 20.5. The van der Waals surface area contributed by atoms with Crippen molar-refractivity contribution in [1.82, 2.24) is 4.98 Å². The lowest BCUT2D eigenvalue weighted by atomic mass is 9.91. The van der Waals surface area contributed by atoms with Gasteiger partial charge >= 0.3 is 0 Å². The van der Waals surface area contributed by atoms with Gasteiger partial charge in [-0.15, -0.1) is 0 Å². The van der Waals surface area contributed by atoms with Crippen LogP contribution in [0.25, 0.3) is 11.3 Å². The van der Waals surface area contributed by atoms with Crippen LogP contribution in [0.1, 0.15) is 69.4 Å². The van der Waals surface area contributed by atoms with Crippen LogP contribution in [0.5, 0.6) is 0 Å². The minimum Gasteiger partial charge on any atom is -0.255 e. The Bertz CT molecular complexity index is 749. The molecule has 0 bridgehead atoms. The molecule has 1 aliphatic rings. The van der Waals surface area contributed by atoms with E-state index in [1.165, 1.54) is 61.0 Å². The van der Waals surface area contributed by atoms with E-state index >= 15 is 0 Å². The third kappa shape index (κ3) is 4.96. The highest BCUT2D eigenvalue weighted by Crippen LogP contribution is 2.48. The summed E-state index contributed by atoms with van der Waals surface area (Å²) >= 11 is 0. The standard InChI is InChI=1S/C25H37NS/c1-6-20(7-2)21-13-10-14-22(16-21)24-17-23(15-19-11-8-9-12-19)25(18-26-24)27(3,4)5/h10,13-14,16-20H,6-9,11-12,15H2,1-5H3. The number of nitrogens with zero attached hydrogens (tertiary/aromatic N) is 1. The highest BCUT2D eigenvalue weighted by molar-refractivity contribution is 8.32. The maximum absolute atomic E-state index is 4.92. The maximum Gasteiger partial charge on any atom is 0.0705 e. The molecule has 1 heterocycles. The molecule has 0 radical (unpaired) electrons. The molecule has 2 heteroatoms. The summed E-state index contributed by atoms with van der Waals surface area (Å²) in [7, 11) is -0.766. The molecular weight excluding hydrogens is 346 g/mol. The third-order valence-electron chi connectivity index (χ3n) is 6.23. The van der Waals surface area contributed by atoms with Crippen molar-refractivity contribution in [3.8, 4) is 11.3 Å². The Morgan fingerprint density at radius 3 is 2.37 bits per heavy atom. The molecule has 0 amide bonds. The van der Waals surface area contributed by atoms with Gasteiger partial charge in [-0.05, 0) is 73.1 Å². The van der Waals surface area contributed by atoms with Crippen molar-refractivity contribution >= 4 is 10.0 Å². The zero-order valence-corrected chi connectivity index (χ0v) is 18.7. The van der Waals surface area contributed by atoms with Crippen LogP contribution in [-0.2, 0) is 6.42 Å². The lowest BCUT2D eigenvalue weighted by Crippen LogP contribution is -2.06. The summed E-state index contributed by atoms with van der Waals surface area (Å²) in [6, 6.07) is 11.5. The van der Waals surface area contributed by atoms with Gasteiger partial charge in [0.05, 0.1) is 5.69 Å². The molecule has 0 unspecified atom stereocenters. The summed E-state index contributed by atoms with van der Waals surface area (Å²) in [6.45, 7) is 4.58. The van der Waals surface area contributed by atoms with Gasteiger partial charge in [-0.25, -0.2) is 10.0 Å². The SMILES string of the molecule is CCC(CC)c1cccc(-c2cc(CC3CCCC3)c(S(C)(C)C)cn2)c1. The molecule has 0 N–H and O–H groups in total. The Morgan fingerprint density at radius 1 is 1.04 bits per heavy atom. The molecule has 2 aromatic rings. The Hall–Kier alpha value is -1.28. The fraction of sp³-hybridized carbons (Fsp3) is 0.560. The Morgan fingerprint density at radius 2 is 1.74 bits per heavy atom. The predicted octanol–water partition coefficient (Wildman–Crippen LogP) is 7.44. The van der Waals surface area contributed by atoms with Crippen molar-refractivity contribution in [2.75, 3.05) is 18.8 Å². The summed E-state index contributed by atoms with van der Waals surface area (Å²) in [5.74, 6) is 1.53. The number of hydrogen-bond acceptors (Lipinski definition) is 1. The summed E-state index contributed by atoms with van der Waals surface area (Å²) in [5, 5.41) is 0. The summed E-state index contributed by atoms with van der Waals surface area (Å²) < 4.78 is 0. The maximum atomic E-state index is 4.92. The van der Waals surface area contributed by atoms with Crippen molar-refractivity contribution in [3.63, 3.8) is 0 Å². The lowest BCUT2D eigenvalue weighted by molar-refractivity contribution is 0.542. The molecule has 148 valence electrons.